The van der Waals surface area contributed by atoms with Crippen molar-refractivity contribution in [3.63, 3.8) is 0 Å². The number of carboxylic acid groups (broad SMARTS) is 1. The summed E-state index contributed by atoms with van der Waals surface area (Å²) >= 11 is 0. The molecule has 0 aliphatic carbocycles. The summed E-state index contributed by atoms with van der Waals surface area (Å²) in [6, 6.07) is 1.06. The number of methoxy groups -OCH3 is 1. The van der Waals surface area contributed by atoms with Crippen molar-refractivity contribution in [3.05, 3.63) is 23.5 Å². The molecule has 0 saturated carbocycles. The predicted octanol–water partition coefficient (Wildman–Crippen LogP) is 0.909. The number of aliphatic carboxylic acids is 1. The molecule has 0 atom stereocenters. The van der Waals surface area contributed by atoms with Crippen molar-refractivity contribution in [3.8, 4) is 5.88 Å². The van der Waals surface area contributed by atoms with Gasteiger partial charge in [-0.05, 0) is 12.1 Å². The molecule has 3 N–H and O–H groups in total. The van der Waals surface area contributed by atoms with E-state index in [0.717, 1.165) is 12.1 Å². The molecule has 1 aromatic heterocycles. The van der Waals surface area contributed by atoms with E-state index in [-0.39, 0.29) is 17.3 Å². The number of nitrogen functional groups attached to an aromatic ring is 1. The number of hydrogen-bond acceptors (Lipinski definition) is 4. The Morgan fingerprint density at radius 3 is 2.93 bits per heavy atom. The SMILES string of the molecule is COc1nc(N)c(F)cc1/C=C/C(=O)O. The Labute approximate surface area is 85.0 Å². The van der Waals surface area contributed by atoms with Gasteiger partial charge in [-0.15, -0.1) is 0 Å². The molecule has 0 fully saturated rings. The normalized spacial score (nSPS) is 10.5. The summed E-state index contributed by atoms with van der Waals surface area (Å²) in [5, 5.41) is 8.40. The lowest BCUT2D eigenvalue weighted by molar-refractivity contribution is -0.131. The molecule has 0 amide bonds. The maximum atomic E-state index is 13.0. The Morgan fingerprint density at radius 2 is 2.40 bits per heavy atom. The first-order chi connectivity index (χ1) is 7.04. The van der Waals surface area contributed by atoms with Crippen LogP contribution in [0.4, 0.5) is 10.2 Å². The third-order valence-electron chi connectivity index (χ3n) is 1.59. The molecule has 0 radical (unpaired) electrons. The fourth-order valence-electron chi connectivity index (χ4n) is 0.944. The van der Waals surface area contributed by atoms with Crippen LogP contribution < -0.4 is 10.5 Å². The molecule has 15 heavy (non-hydrogen) atoms. The fourth-order valence-corrected chi connectivity index (χ4v) is 0.944. The van der Waals surface area contributed by atoms with Crippen LogP contribution in [-0.2, 0) is 4.79 Å². The van der Waals surface area contributed by atoms with E-state index >= 15 is 0 Å². The Hall–Kier alpha value is -2.11. The second-order valence-electron chi connectivity index (χ2n) is 2.63. The zero-order chi connectivity index (χ0) is 11.4. The number of nitrogens with two attached hydrogens (primary N) is 1. The molecule has 0 unspecified atom stereocenters. The zero-order valence-electron chi connectivity index (χ0n) is 7.90. The van der Waals surface area contributed by atoms with Crippen molar-refractivity contribution in [2.75, 3.05) is 12.8 Å². The molecule has 6 heteroatoms. The van der Waals surface area contributed by atoms with E-state index in [4.69, 9.17) is 15.6 Å². The first kappa shape index (κ1) is 11.0. The minimum Gasteiger partial charge on any atom is -0.481 e. The van der Waals surface area contributed by atoms with Crippen LogP contribution >= 0.6 is 0 Å². The highest BCUT2D eigenvalue weighted by atomic mass is 19.1. The summed E-state index contributed by atoms with van der Waals surface area (Å²) in [5.74, 6) is -2.08. The number of anilines is 1. The zero-order valence-corrected chi connectivity index (χ0v) is 7.90. The highest BCUT2D eigenvalue weighted by Crippen LogP contribution is 2.21. The largest absolute Gasteiger partial charge is 0.481 e. The topological polar surface area (TPSA) is 85.4 Å². The second-order valence-corrected chi connectivity index (χ2v) is 2.63. The van der Waals surface area contributed by atoms with Gasteiger partial charge in [-0.1, -0.05) is 0 Å². The molecule has 80 valence electrons. The minimum atomic E-state index is -1.14. The van der Waals surface area contributed by atoms with E-state index < -0.39 is 11.8 Å². The van der Waals surface area contributed by atoms with Crippen molar-refractivity contribution in [1.29, 1.82) is 0 Å². The van der Waals surface area contributed by atoms with Crippen molar-refractivity contribution in [2.45, 2.75) is 0 Å². The van der Waals surface area contributed by atoms with Crippen molar-refractivity contribution < 1.29 is 19.0 Å². The molecule has 1 rings (SSSR count). The average molecular weight is 212 g/mol. The maximum Gasteiger partial charge on any atom is 0.328 e. The first-order valence-electron chi connectivity index (χ1n) is 3.95. The molecule has 1 heterocycles. The fraction of sp³-hybridized carbons (Fsp3) is 0.111. The van der Waals surface area contributed by atoms with E-state index in [9.17, 15) is 9.18 Å². The van der Waals surface area contributed by atoms with Crippen LogP contribution in [0.1, 0.15) is 5.56 Å². The van der Waals surface area contributed by atoms with Crippen LogP contribution in [0.2, 0.25) is 0 Å². The van der Waals surface area contributed by atoms with Crippen LogP contribution in [0, 0.1) is 5.82 Å². The quantitative estimate of drug-likeness (QED) is 0.727. The number of pyridine rings is 1. The van der Waals surface area contributed by atoms with Crippen LogP contribution in [-0.4, -0.2) is 23.2 Å². The Bertz CT molecular complexity index is 418. The number of nitrogens with zero attached hydrogens (tertiary/aromatic N) is 1. The van der Waals surface area contributed by atoms with Gasteiger partial charge in [0.1, 0.15) is 0 Å². The summed E-state index contributed by atoms with van der Waals surface area (Å²) in [6.07, 6.45) is 2.03. The van der Waals surface area contributed by atoms with Gasteiger partial charge in [0, 0.05) is 11.6 Å². The summed E-state index contributed by atoms with van der Waals surface area (Å²) in [7, 11) is 1.33. The van der Waals surface area contributed by atoms with E-state index in [0.29, 0.717) is 0 Å². The van der Waals surface area contributed by atoms with Crippen molar-refractivity contribution in [2.24, 2.45) is 0 Å². The molecule has 0 aromatic carbocycles. The number of ether oxygens (including phenoxy) is 1. The smallest absolute Gasteiger partial charge is 0.328 e. The molecule has 0 bridgehead atoms. The van der Waals surface area contributed by atoms with E-state index in [2.05, 4.69) is 4.98 Å². The van der Waals surface area contributed by atoms with Gasteiger partial charge in [-0.3, -0.25) is 0 Å². The first-order valence-corrected chi connectivity index (χ1v) is 3.95. The van der Waals surface area contributed by atoms with Gasteiger partial charge in [0.15, 0.2) is 11.6 Å². The molecular weight excluding hydrogens is 203 g/mol. The van der Waals surface area contributed by atoms with Gasteiger partial charge < -0.3 is 15.6 Å². The highest BCUT2D eigenvalue weighted by molar-refractivity contribution is 5.85. The lowest BCUT2D eigenvalue weighted by atomic mass is 10.2. The van der Waals surface area contributed by atoms with E-state index in [1.54, 1.807) is 0 Å². The number of carbonyl (C=O) groups is 1. The number of halogens is 1. The Balaban J connectivity index is 3.16. The summed E-state index contributed by atoms with van der Waals surface area (Å²) < 4.78 is 17.8. The van der Waals surface area contributed by atoms with Crippen LogP contribution in [0.25, 0.3) is 6.08 Å². The number of aromatic nitrogens is 1. The van der Waals surface area contributed by atoms with Gasteiger partial charge in [0.05, 0.1) is 7.11 Å². The van der Waals surface area contributed by atoms with Gasteiger partial charge in [0.2, 0.25) is 5.88 Å². The molecule has 0 aliphatic rings. The second kappa shape index (κ2) is 4.41. The van der Waals surface area contributed by atoms with Crippen LogP contribution in [0.3, 0.4) is 0 Å². The van der Waals surface area contributed by atoms with Gasteiger partial charge >= 0.3 is 5.97 Å². The van der Waals surface area contributed by atoms with Crippen LogP contribution in [0.5, 0.6) is 5.88 Å². The molecule has 0 aliphatic heterocycles. The maximum absolute atomic E-state index is 13.0. The Kier molecular flexibility index (Phi) is 3.22. The lowest BCUT2D eigenvalue weighted by Crippen LogP contribution is -2.00. The van der Waals surface area contributed by atoms with Crippen LogP contribution in [0.15, 0.2) is 12.1 Å². The van der Waals surface area contributed by atoms with Gasteiger partial charge in [-0.25, -0.2) is 9.18 Å². The predicted molar refractivity (Wildman–Crippen MR) is 51.8 cm³/mol. The van der Waals surface area contributed by atoms with Gasteiger partial charge in [-0.2, -0.15) is 4.98 Å². The Morgan fingerprint density at radius 1 is 1.73 bits per heavy atom. The minimum absolute atomic E-state index is 0.0754. The molecule has 0 saturated heterocycles. The molecule has 1 aromatic rings. The summed E-state index contributed by atoms with van der Waals surface area (Å²) in [6.45, 7) is 0. The van der Waals surface area contributed by atoms with Crippen molar-refractivity contribution >= 4 is 17.9 Å². The third-order valence-corrected chi connectivity index (χ3v) is 1.59. The molecule has 0 spiro atoms. The van der Waals surface area contributed by atoms with Crippen molar-refractivity contribution in [1.82, 2.24) is 4.98 Å². The average Bonchev–Trinajstić information content (AvgIpc) is 2.19. The summed E-state index contributed by atoms with van der Waals surface area (Å²) in [4.78, 5) is 13.9. The number of rotatable bonds is 3. The number of hydrogen-bond donors (Lipinski definition) is 2. The third kappa shape index (κ3) is 2.67. The monoisotopic (exact) mass is 212 g/mol. The van der Waals surface area contributed by atoms with Gasteiger partial charge in [0.25, 0.3) is 0 Å². The number of carboxylic acids is 1. The standard InChI is InChI=1S/C9H9FN2O3/c1-15-9-5(2-3-7(13)14)4-6(10)8(11)12-9/h2-4H,1H3,(H2,11,12)(H,13,14)/b3-2+. The van der Waals surface area contributed by atoms with E-state index in [1.807, 2.05) is 0 Å². The summed E-state index contributed by atoms with van der Waals surface area (Å²) in [5.41, 5.74) is 5.43. The molecule has 5 nitrogen and oxygen atoms in total. The lowest BCUT2D eigenvalue weighted by Gasteiger charge is -2.04. The molecular formula is C9H9FN2O3. The highest BCUT2D eigenvalue weighted by Gasteiger charge is 2.08. The van der Waals surface area contributed by atoms with E-state index in [1.165, 1.54) is 13.2 Å².